The fourth-order valence-corrected chi connectivity index (χ4v) is 3.21. The van der Waals surface area contributed by atoms with Gasteiger partial charge in [0.1, 0.15) is 5.75 Å². The summed E-state index contributed by atoms with van der Waals surface area (Å²) in [6.45, 7) is 0.378. The van der Waals surface area contributed by atoms with Crippen LogP contribution in [0.15, 0.2) is 72.8 Å². The zero-order valence-electron chi connectivity index (χ0n) is 15.7. The van der Waals surface area contributed by atoms with Crippen LogP contribution in [0.1, 0.15) is 36.6 Å². The molecule has 0 aliphatic carbocycles. The molecule has 6 heteroatoms. The van der Waals surface area contributed by atoms with E-state index in [4.69, 9.17) is 4.74 Å². The maximum Gasteiger partial charge on any atom is 0.266 e. The number of anilines is 1. The van der Waals surface area contributed by atoms with Crippen molar-refractivity contribution >= 4 is 23.4 Å². The quantitative estimate of drug-likeness (QED) is 0.682. The summed E-state index contributed by atoms with van der Waals surface area (Å²) in [7, 11) is 1.60. The van der Waals surface area contributed by atoms with E-state index < -0.39 is 0 Å². The number of rotatable bonds is 5. The third-order valence-electron chi connectivity index (χ3n) is 4.79. The van der Waals surface area contributed by atoms with E-state index in [2.05, 4.69) is 5.32 Å². The first-order valence-corrected chi connectivity index (χ1v) is 9.07. The SMILES string of the molecule is COc1ccc(CNC(=O)c2ccc(N3C(=O)c4ccccc4C3=O)cc2)cc1. The Hall–Kier alpha value is -3.93. The molecule has 0 atom stereocenters. The monoisotopic (exact) mass is 386 g/mol. The van der Waals surface area contributed by atoms with Crippen molar-refractivity contribution in [2.75, 3.05) is 12.0 Å². The molecule has 0 unspecified atom stereocenters. The van der Waals surface area contributed by atoms with Gasteiger partial charge >= 0.3 is 0 Å². The van der Waals surface area contributed by atoms with Gasteiger partial charge in [-0.25, -0.2) is 4.90 Å². The van der Waals surface area contributed by atoms with E-state index in [1.165, 1.54) is 0 Å². The molecule has 1 N–H and O–H groups in total. The van der Waals surface area contributed by atoms with Crippen molar-refractivity contribution in [1.82, 2.24) is 5.32 Å². The van der Waals surface area contributed by atoms with E-state index in [9.17, 15) is 14.4 Å². The van der Waals surface area contributed by atoms with Gasteiger partial charge in [-0.2, -0.15) is 0 Å². The van der Waals surface area contributed by atoms with Gasteiger partial charge in [-0.1, -0.05) is 24.3 Å². The van der Waals surface area contributed by atoms with E-state index >= 15 is 0 Å². The lowest BCUT2D eigenvalue weighted by molar-refractivity contribution is 0.0923. The molecule has 1 aliphatic rings. The molecule has 0 aromatic heterocycles. The largest absolute Gasteiger partial charge is 0.497 e. The zero-order chi connectivity index (χ0) is 20.4. The minimum absolute atomic E-state index is 0.241. The Bertz CT molecular complexity index is 1050. The van der Waals surface area contributed by atoms with E-state index in [1.807, 2.05) is 24.3 Å². The first kappa shape index (κ1) is 18.4. The van der Waals surface area contributed by atoms with Crippen molar-refractivity contribution in [2.45, 2.75) is 6.54 Å². The number of hydrogen-bond donors (Lipinski definition) is 1. The predicted molar refractivity (Wildman–Crippen MR) is 108 cm³/mol. The highest BCUT2D eigenvalue weighted by molar-refractivity contribution is 6.34. The predicted octanol–water partition coefficient (Wildman–Crippen LogP) is 3.43. The van der Waals surface area contributed by atoms with Crippen molar-refractivity contribution in [1.29, 1.82) is 0 Å². The van der Waals surface area contributed by atoms with Gasteiger partial charge in [0, 0.05) is 12.1 Å². The first-order chi connectivity index (χ1) is 14.1. The number of fused-ring (bicyclic) bond motifs is 1. The molecule has 0 bridgehead atoms. The molecule has 1 heterocycles. The van der Waals surface area contributed by atoms with Crippen LogP contribution in [-0.4, -0.2) is 24.8 Å². The summed E-state index contributed by atoms with van der Waals surface area (Å²) < 4.78 is 5.11. The minimum Gasteiger partial charge on any atom is -0.497 e. The van der Waals surface area contributed by atoms with Crippen LogP contribution in [0.5, 0.6) is 5.75 Å². The van der Waals surface area contributed by atoms with Gasteiger partial charge < -0.3 is 10.1 Å². The highest BCUT2D eigenvalue weighted by Gasteiger charge is 2.36. The molecule has 3 aromatic rings. The third-order valence-corrected chi connectivity index (χ3v) is 4.79. The molecule has 0 spiro atoms. The number of nitrogens with one attached hydrogen (secondary N) is 1. The highest BCUT2D eigenvalue weighted by atomic mass is 16.5. The Kier molecular flexibility index (Phi) is 4.83. The summed E-state index contributed by atoms with van der Waals surface area (Å²) in [4.78, 5) is 38.6. The van der Waals surface area contributed by atoms with Crippen LogP contribution < -0.4 is 15.0 Å². The Balaban J connectivity index is 1.44. The van der Waals surface area contributed by atoms with Gasteiger partial charge in [0.25, 0.3) is 17.7 Å². The van der Waals surface area contributed by atoms with Crippen molar-refractivity contribution in [3.63, 3.8) is 0 Å². The number of carbonyl (C=O) groups is 3. The molecule has 6 nitrogen and oxygen atoms in total. The number of hydrogen-bond acceptors (Lipinski definition) is 4. The highest BCUT2D eigenvalue weighted by Crippen LogP contribution is 2.28. The molecule has 29 heavy (non-hydrogen) atoms. The third kappa shape index (κ3) is 3.48. The number of benzene rings is 3. The fourth-order valence-electron chi connectivity index (χ4n) is 3.21. The van der Waals surface area contributed by atoms with Crippen LogP contribution >= 0.6 is 0 Å². The molecule has 0 radical (unpaired) electrons. The summed E-state index contributed by atoms with van der Waals surface area (Å²) in [6.07, 6.45) is 0. The lowest BCUT2D eigenvalue weighted by Gasteiger charge is -2.14. The molecule has 0 saturated carbocycles. The molecule has 0 saturated heterocycles. The van der Waals surface area contributed by atoms with Crippen LogP contribution in [0.3, 0.4) is 0 Å². The second-order valence-corrected chi connectivity index (χ2v) is 6.57. The van der Waals surface area contributed by atoms with Gasteiger partial charge in [0.2, 0.25) is 0 Å². The fraction of sp³-hybridized carbons (Fsp3) is 0.0870. The number of imide groups is 1. The average Bonchev–Trinajstić information content (AvgIpc) is 3.03. The summed E-state index contributed by atoms with van der Waals surface area (Å²) in [5.41, 5.74) is 2.60. The number of amides is 3. The Labute approximate surface area is 167 Å². The number of ether oxygens (including phenoxy) is 1. The lowest BCUT2D eigenvalue weighted by Crippen LogP contribution is -2.29. The van der Waals surface area contributed by atoms with Gasteiger partial charge in [-0.3, -0.25) is 14.4 Å². The number of carbonyl (C=O) groups excluding carboxylic acids is 3. The lowest BCUT2D eigenvalue weighted by atomic mass is 10.1. The Morgan fingerprint density at radius 2 is 1.45 bits per heavy atom. The van der Waals surface area contributed by atoms with Crippen LogP contribution in [0.2, 0.25) is 0 Å². The maximum absolute atomic E-state index is 12.5. The van der Waals surface area contributed by atoms with E-state index in [1.54, 1.807) is 55.6 Å². The summed E-state index contributed by atoms with van der Waals surface area (Å²) >= 11 is 0. The Morgan fingerprint density at radius 3 is 2.00 bits per heavy atom. The summed E-state index contributed by atoms with van der Waals surface area (Å²) in [6, 6.07) is 20.5. The summed E-state index contributed by atoms with van der Waals surface area (Å²) in [5.74, 6) is -0.205. The van der Waals surface area contributed by atoms with Gasteiger partial charge in [-0.15, -0.1) is 0 Å². The van der Waals surface area contributed by atoms with E-state index in [0.29, 0.717) is 28.9 Å². The molecule has 1 aliphatic heterocycles. The molecular weight excluding hydrogens is 368 g/mol. The van der Waals surface area contributed by atoms with E-state index in [-0.39, 0.29) is 17.7 Å². The second-order valence-electron chi connectivity index (χ2n) is 6.57. The Morgan fingerprint density at radius 1 is 0.862 bits per heavy atom. The maximum atomic E-state index is 12.5. The minimum atomic E-state index is -0.359. The topological polar surface area (TPSA) is 75.7 Å². The normalized spacial score (nSPS) is 12.7. The van der Waals surface area contributed by atoms with Crippen molar-refractivity contribution in [3.8, 4) is 5.75 Å². The zero-order valence-corrected chi connectivity index (χ0v) is 15.7. The molecule has 3 amide bonds. The molecule has 3 aromatic carbocycles. The first-order valence-electron chi connectivity index (χ1n) is 9.07. The standard InChI is InChI=1S/C23H18N2O4/c1-29-18-12-6-15(7-13-18)14-24-21(26)16-8-10-17(11-9-16)25-22(27)19-4-2-3-5-20(19)23(25)28/h2-13H,14H2,1H3,(H,24,26). The molecule has 0 fully saturated rings. The van der Waals surface area contributed by atoms with Crippen LogP contribution in [0, 0.1) is 0 Å². The van der Waals surface area contributed by atoms with Crippen LogP contribution in [0.4, 0.5) is 5.69 Å². The van der Waals surface area contributed by atoms with Crippen molar-refractivity contribution in [2.24, 2.45) is 0 Å². The molecule has 144 valence electrons. The van der Waals surface area contributed by atoms with Crippen molar-refractivity contribution in [3.05, 3.63) is 95.1 Å². The smallest absolute Gasteiger partial charge is 0.266 e. The van der Waals surface area contributed by atoms with E-state index in [0.717, 1.165) is 16.2 Å². The van der Waals surface area contributed by atoms with Crippen LogP contribution in [-0.2, 0) is 6.54 Å². The van der Waals surface area contributed by atoms with Gasteiger partial charge in [-0.05, 0) is 54.1 Å². The number of nitrogens with zero attached hydrogens (tertiary/aromatic N) is 1. The van der Waals surface area contributed by atoms with Crippen molar-refractivity contribution < 1.29 is 19.1 Å². The second kappa shape index (κ2) is 7.59. The summed E-state index contributed by atoms with van der Waals surface area (Å²) in [5, 5.41) is 2.85. The van der Waals surface area contributed by atoms with Gasteiger partial charge in [0.05, 0.1) is 23.9 Å². The van der Waals surface area contributed by atoms with Crippen LogP contribution in [0.25, 0.3) is 0 Å². The average molecular weight is 386 g/mol. The molecular formula is C23H18N2O4. The molecule has 4 rings (SSSR count). The van der Waals surface area contributed by atoms with Gasteiger partial charge in [0.15, 0.2) is 0 Å². The number of methoxy groups -OCH3 is 1.